The molecule has 1 aromatic heterocycles. The van der Waals surface area contributed by atoms with Crippen molar-refractivity contribution in [2.45, 2.75) is 0 Å². The number of benzene rings is 1. The van der Waals surface area contributed by atoms with Gasteiger partial charge < -0.3 is 15.0 Å². The molecule has 0 saturated carbocycles. The van der Waals surface area contributed by atoms with Crippen LogP contribution in [0.2, 0.25) is 0 Å². The Kier molecular flexibility index (Phi) is 5.66. The molecule has 134 valence electrons. The number of nitrogens with one attached hydrogen (secondary N) is 1. The maximum atomic E-state index is 12.3. The molecule has 2 aromatic rings. The number of para-hydroxylation sites is 2. The minimum Gasteiger partial charge on any atom is -0.495 e. The number of methoxy groups -OCH3 is 1. The standard InChI is InChI=1S/C19H21N5O2/c1-26-17-7-3-2-6-16(17)22-18(25)14-23-9-11-24(12-10-23)19-15(13-20)5-4-8-21-19/h2-8H,9-12,14H2,1H3,(H,22,25). The first-order chi connectivity index (χ1) is 12.7. The number of carbonyl (C=O) groups is 1. The highest BCUT2D eigenvalue weighted by Crippen LogP contribution is 2.23. The molecule has 1 aliphatic heterocycles. The van der Waals surface area contributed by atoms with E-state index in [0.717, 1.165) is 26.2 Å². The molecule has 1 fully saturated rings. The molecular weight excluding hydrogens is 330 g/mol. The number of carbonyl (C=O) groups excluding carboxylic acids is 1. The van der Waals surface area contributed by atoms with E-state index in [9.17, 15) is 10.1 Å². The summed E-state index contributed by atoms with van der Waals surface area (Å²) in [6.45, 7) is 3.25. The van der Waals surface area contributed by atoms with Gasteiger partial charge in [0.25, 0.3) is 0 Å². The van der Waals surface area contributed by atoms with E-state index < -0.39 is 0 Å². The third kappa shape index (κ3) is 4.10. The van der Waals surface area contributed by atoms with E-state index in [1.807, 2.05) is 24.3 Å². The molecule has 0 aliphatic carbocycles. The first kappa shape index (κ1) is 17.7. The number of hydrogen-bond acceptors (Lipinski definition) is 6. The maximum Gasteiger partial charge on any atom is 0.238 e. The molecule has 2 heterocycles. The lowest BCUT2D eigenvalue weighted by atomic mass is 10.2. The zero-order chi connectivity index (χ0) is 18.4. The molecule has 1 aliphatic rings. The van der Waals surface area contributed by atoms with E-state index in [4.69, 9.17) is 4.74 Å². The molecule has 7 nitrogen and oxygen atoms in total. The van der Waals surface area contributed by atoms with Gasteiger partial charge in [0.15, 0.2) is 0 Å². The molecule has 7 heteroatoms. The number of nitriles is 1. The summed E-state index contributed by atoms with van der Waals surface area (Å²) in [6.07, 6.45) is 1.70. The number of amides is 1. The van der Waals surface area contributed by atoms with Crippen molar-refractivity contribution in [3.63, 3.8) is 0 Å². The fraction of sp³-hybridized carbons (Fsp3) is 0.316. The lowest BCUT2D eigenvalue weighted by molar-refractivity contribution is -0.117. The molecule has 0 atom stereocenters. The lowest BCUT2D eigenvalue weighted by Gasteiger charge is -2.35. The number of piperazine rings is 1. The van der Waals surface area contributed by atoms with Gasteiger partial charge in [0.1, 0.15) is 17.6 Å². The third-order valence-corrected chi connectivity index (χ3v) is 4.33. The highest BCUT2D eigenvalue weighted by atomic mass is 16.5. The predicted octanol–water partition coefficient (Wildman–Crippen LogP) is 1.72. The van der Waals surface area contributed by atoms with Crippen LogP contribution in [0.5, 0.6) is 5.75 Å². The number of ether oxygens (including phenoxy) is 1. The Hall–Kier alpha value is -3.11. The van der Waals surface area contributed by atoms with Crippen LogP contribution in [-0.4, -0.2) is 55.6 Å². The summed E-state index contributed by atoms with van der Waals surface area (Å²) in [6, 6.07) is 13.1. The fourth-order valence-corrected chi connectivity index (χ4v) is 2.99. The highest BCUT2D eigenvalue weighted by Gasteiger charge is 2.21. The Bertz CT molecular complexity index is 810. The van der Waals surface area contributed by atoms with Crippen molar-refractivity contribution in [2.75, 3.05) is 50.1 Å². The summed E-state index contributed by atoms with van der Waals surface area (Å²) in [5, 5.41) is 12.1. The van der Waals surface area contributed by atoms with Crippen LogP contribution in [-0.2, 0) is 4.79 Å². The van der Waals surface area contributed by atoms with Gasteiger partial charge in [0.05, 0.1) is 24.9 Å². The highest BCUT2D eigenvalue weighted by molar-refractivity contribution is 5.93. The number of anilines is 2. The van der Waals surface area contributed by atoms with Crippen LogP contribution >= 0.6 is 0 Å². The van der Waals surface area contributed by atoms with Gasteiger partial charge in [-0.25, -0.2) is 4.98 Å². The Morgan fingerprint density at radius 1 is 1.23 bits per heavy atom. The summed E-state index contributed by atoms with van der Waals surface area (Å²) in [4.78, 5) is 20.8. The topological polar surface area (TPSA) is 81.5 Å². The number of nitrogens with zero attached hydrogens (tertiary/aromatic N) is 4. The fourth-order valence-electron chi connectivity index (χ4n) is 2.99. The van der Waals surface area contributed by atoms with E-state index in [1.165, 1.54) is 0 Å². The zero-order valence-electron chi connectivity index (χ0n) is 14.7. The van der Waals surface area contributed by atoms with Crippen LogP contribution in [0.1, 0.15) is 5.56 Å². The van der Waals surface area contributed by atoms with Crippen molar-refractivity contribution in [2.24, 2.45) is 0 Å². The second kappa shape index (κ2) is 8.32. The molecule has 26 heavy (non-hydrogen) atoms. The van der Waals surface area contributed by atoms with Crippen molar-refractivity contribution in [3.8, 4) is 11.8 Å². The van der Waals surface area contributed by atoms with E-state index in [-0.39, 0.29) is 5.91 Å². The predicted molar refractivity (Wildman–Crippen MR) is 99.2 cm³/mol. The van der Waals surface area contributed by atoms with Crippen molar-refractivity contribution in [1.29, 1.82) is 5.26 Å². The summed E-state index contributed by atoms with van der Waals surface area (Å²) >= 11 is 0. The molecule has 0 unspecified atom stereocenters. The van der Waals surface area contributed by atoms with Crippen LogP contribution in [0.4, 0.5) is 11.5 Å². The molecule has 1 saturated heterocycles. The molecule has 0 radical (unpaired) electrons. The number of hydrogen-bond donors (Lipinski definition) is 1. The van der Waals surface area contributed by atoms with E-state index in [1.54, 1.807) is 25.4 Å². The van der Waals surface area contributed by atoms with Crippen LogP contribution in [0.25, 0.3) is 0 Å². The van der Waals surface area contributed by atoms with Crippen molar-refractivity contribution in [3.05, 3.63) is 48.2 Å². The van der Waals surface area contributed by atoms with Crippen molar-refractivity contribution in [1.82, 2.24) is 9.88 Å². The number of rotatable bonds is 5. The van der Waals surface area contributed by atoms with E-state index >= 15 is 0 Å². The molecule has 3 rings (SSSR count). The molecule has 0 bridgehead atoms. The summed E-state index contributed by atoms with van der Waals surface area (Å²) in [7, 11) is 1.58. The van der Waals surface area contributed by atoms with Crippen LogP contribution in [0, 0.1) is 11.3 Å². The van der Waals surface area contributed by atoms with E-state index in [0.29, 0.717) is 29.4 Å². The normalized spacial score (nSPS) is 14.5. The average molecular weight is 351 g/mol. The average Bonchev–Trinajstić information content (AvgIpc) is 2.69. The van der Waals surface area contributed by atoms with Crippen molar-refractivity contribution >= 4 is 17.4 Å². The Labute approximate surface area is 152 Å². The monoisotopic (exact) mass is 351 g/mol. The van der Waals surface area contributed by atoms with Gasteiger partial charge in [-0.15, -0.1) is 0 Å². The first-order valence-electron chi connectivity index (χ1n) is 8.46. The SMILES string of the molecule is COc1ccccc1NC(=O)CN1CCN(c2ncccc2C#N)CC1. The number of pyridine rings is 1. The lowest BCUT2D eigenvalue weighted by Crippen LogP contribution is -2.49. The van der Waals surface area contributed by atoms with Crippen LogP contribution in [0.3, 0.4) is 0 Å². The molecule has 0 spiro atoms. The Balaban J connectivity index is 1.54. The van der Waals surface area contributed by atoms with Gasteiger partial charge >= 0.3 is 0 Å². The minimum absolute atomic E-state index is 0.0708. The van der Waals surface area contributed by atoms with Crippen LogP contribution in [0.15, 0.2) is 42.6 Å². The smallest absolute Gasteiger partial charge is 0.238 e. The van der Waals surface area contributed by atoms with Gasteiger partial charge in [0.2, 0.25) is 5.91 Å². The van der Waals surface area contributed by atoms with Gasteiger partial charge in [0, 0.05) is 32.4 Å². The van der Waals surface area contributed by atoms with Crippen molar-refractivity contribution < 1.29 is 9.53 Å². The minimum atomic E-state index is -0.0708. The molecule has 1 amide bonds. The van der Waals surface area contributed by atoms with Gasteiger partial charge in [-0.1, -0.05) is 12.1 Å². The molecule has 1 N–H and O–H groups in total. The number of aromatic nitrogens is 1. The summed E-state index contributed by atoms with van der Waals surface area (Å²) in [5.74, 6) is 1.29. The van der Waals surface area contributed by atoms with Crippen LogP contribution < -0.4 is 15.0 Å². The maximum absolute atomic E-state index is 12.3. The quantitative estimate of drug-likeness (QED) is 0.883. The summed E-state index contributed by atoms with van der Waals surface area (Å²) < 4.78 is 5.25. The third-order valence-electron chi connectivity index (χ3n) is 4.33. The second-order valence-corrected chi connectivity index (χ2v) is 6.00. The Morgan fingerprint density at radius 3 is 2.73 bits per heavy atom. The molecule has 1 aromatic carbocycles. The zero-order valence-corrected chi connectivity index (χ0v) is 14.7. The molecular formula is C19H21N5O2. The van der Waals surface area contributed by atoms with E-state index in [2.05, 4.69) is 26.2 Å². The second-order valence-electron chi connectivity index (χ2n) is 6.00. The summed E-state index contributed by atoms with van der Waals surface area (Å²) in [5.41, 5.74) is 1.25. The van der Waals surface area contributed by atoms with Gasteiger partial charge in [-0.2, -0.15) is 5.26 Å². The van der Waals surface area contributed by atoms with Gasteiger partial charge in [-0.05, 0) is 24.3 Å². The Morgan fingerprint density at radius 2 is 2.00 bits per heavy atom. The first-order valence-corrected chi connectivity index (χ1v) is 8.46. The van der Waals surface area contributed by atoms with Gasteiger partial charge in [-0.3, -0.25) is 9.69 Å². The largest absolute Gasteiger partial charge is 0.495 e.